The van der Waals surface area contributed by atoms with E-state index in [9.17, 15) is 19.6 Å². The number of carbonyl (C=O) groups is 1. The summed E-state index contributed by atoms with van der Waals surface area (Å²) in [5.41, 5.74) is 3.57. The SMILES string of the molecule is CC(C)OC(=O)C(C)N[P@](=O)(OC[C@H]1O[C@@H](n2cnc3c(NC4CC4)nc(N)nc32)[C@@](F)(CO)[C@@H]1O)Oc1ccccc1. The number of hydrogen-bond donors (Lipinski definition) is 5. The molecule has 6 atom stereocenters. The summed E-state index contributed by atoms with van der Waals surface area (Å²) in [7, 11) is -4.36. The Morgan fingerprint density at radius 2 is 2.00 bits per heavy atom. The van der Waals surface area contributed by atoms with E-state index in [4.69, 9.17) is 24.3 Å². The molecule has 2 fully saturated rings. The highest BCUT2D eigenvalue weighted by molar-refractivity contribution is 7.52. The molecule has 2 aliphatic rings. The molecule has 0 spiro atoms. The maximum atomic E-state index is 16.3. The van der Waals surface area contributed by atoms with Crippen LogP contribution in [0.2, 0.25) is 0 Å². The van der Waals surface area contributed by atoms with Gasteiger partial charge in [-0.15, -0.1) is 0 Å². The van der Waals surface area contributed by atoms with Crippen LogP contribution in [0.4, 0.5) is 16.2 Å². The average molecular weight is 624 g/mol. The van der Waals surface area contributed by atoms with Crippen LogP contribution in [0.15, 0.2) is 36.7 Å². The van der Waals surface area contributed by atoms with Gasteiger partial charge in [0.25, 0.3) is 0 Å². The number of ether oxygens (including phenoxy) is 2. The van der Waals surface area contributed by atoms with Gasteiger partial charge in [-0.3, -0.25) is 13.9 Å². The van der Waals surface area contributed by atoms with E-state index in [-0.39, 0.29) is 23.4 Å². The zero-order valence-corrected chi connectivity index (χ0v) is 24.7. The van der Waals surface area contributed by atoms with Crippen molar-refractivity contribution in [2.75, 3.05) is 24.3 Å². The number of benzene rings is 1. The molecule has 15 nitrogen and oxygen atoms in total. The van der Waals surface area contributed by atoms with Gasteiger partial charge in [-0.2, -0.15) is 15.1 Å². The van der Waals surface area contributed by atoms with Crippen LogP contribution in [0, 0.1) is 0 Å². The lowest BCUT2D eigenvalue weighted by Gasteiger charge is -2.27. The Balaban J connectivity index is 1.38. The Labute approximate surface area is 246 Å². The number of esters is 1. The molecule has 2 aromatic heterocycles. The first-order valence-corrected chi connectivity index (χ1v) is 15.3. The Morgan fingerprint density at radius 1 is 1.28 bits per heavy atom. The van der Waals surface area contributed by atoms with Gasteiger partial charge in [-0.1, -0.05) is 18.2 Å². The van der Waals surface area contributed by atoms with Gasteiger partial charge in [-0.25, -0.2) is 13.9 Å². The number of hydrogen-bond acceptors (Lipinski definition) is 13. The second-order valence-electron chi connectivity index (χ2n) is 10.8. The number of aliphatic hydroxyl groups excluding tert-OH is 2. The summed E-state index contributed by atoms with van der Waals surface area (Å²) in [5.74, 6) is -0.286. The number of halogens is 1. The van der Waals surface area contributed by atoms with Gasteiger partial charge in [0.2, 0.25) is 11.6 Å². The monoisotopic (exact) mass is 623 g/mol. The van der Waals surface area contributed by atoms with Gasteiger partial charge in [-0.05, 0) is 45.7 Å². The van der Waals surface area contributed by atoms with Crippen LogP contribution in [0.1, 0.15) is 39.8 Å². The highest BCUT2D eigenvalue weighted by atomic mass is 31.2. The molecule has 1 saturated carbocycles. The topological polar surface area (TPSA) is 205 Å². The van der Waals surface area contributed by atoms with Crippen LogP contribution in [0.5, 0.6) is 5.75 Å². The van der Waals surface area contributed by atoms with Crippen molar-refractivity contribution in [1.29, 1.82) is 0 Å². The number of para-hydroxylation sites is 1. The Morgan fingerprint density at radius 3 is 2.65 bits per heavy atom. The molecule has 1 aliphatic heterocycles. The third-order valence-electron chi connectivity index (χ3n) is 6.84. The largest absolute Gasteiger partial charge is 0.462 e. The van der Waals surface area contributed by atoms with Crippen LogP contribution < -0.4 is 20.7 Å². The minimum atomic E-state index is -4.36. The molecule has 0 radical (unpaired) electrons. The third kappa shape index (κ3) is 6.74. The third-order valence-corrected chi connectivity index (χ3v) is 8.49. The quantitative estimate of drug-likeness (QED) is 0.137. The minimum absolute atomic E-state index is 0.0977. The fourth-order valence-electron chi connectivity index (χ4n) is 4.54. The first kappa shape index (κ1) is 31.0. The number of aliphatic hydroxyl groups is 2. The molecule has 0 amide bonds. The van der Waals surface area contributed by atoms with Crippen molar-refractivity contribution >= 4 is 36.6 Å². The lowest BCUT2D eigenvalue weighted by Crippen LogP contribution is -2.46. The molecule has 0 bridgehead atoms. The van der Waals surface area contributed by atoms with Crippen molar-refractivity contribution in [2.45, 2.75) is 75.9 Å². The maximum Gasteiger partial charge on any atom is 0.459 e. The minimum Gasteiger partial charge on any atom is -0.462 e. The fourth-order valence-corrected chi connectivity index (χ4v) is 6.04. The molecule has 17 heteroatoms. The highest BCUT2D eigenvalue weighted by Crippen LogP contribution is 2.48. The van der Waals surface area contributed by atoms with E-state index in [1.54, 1.807) is 32.0 Å². The number of aromatic nitrogens is 4. The van der Waals surface area contributed by atoms with Crippen LogP contribution in [0.25, 0.3) is 11.2 Å². The predicted molar refractivity (Wildman–Crippen MR) is 152 cm³/mol. The number of nitrogens with two attached hydrogens (primary N) is 1. The van der Waals surface area contributed by atoms with Gasteiger partial charge >= 0.3 is 13.7 Å². The van der Waals surface area contributed by atoms with E-state index in [2.05, 4.69) is 25.4 Å². The summed E-state index contributed by atoms with van der Waals surface area (Å²) in [5, 5.41) is 26.8. The van der Waals surface area contributed by atoms with Gasteiger partial charge in [0.1, 0.15) is 24.0 Å². The van der Waals surface area contributed by atoms with Crippen molar-refractivity contribution in [3.05, 3.63) is 36.7 Å². The van der Waals surface area contributed by atoms with Crippen LogP contribution >= 0.6 is 7.75 Å². The average Bonchev–Trinajstić information content (AvgIpc) is 3.62. The van der Waals surface area contributed by atoms with Gasteiger partial charge in [0.15, 0.2) is 23.2 Å². The fraction of sp³-hybridized carbons (Fsp3) is 0.538. The normalized spacial score (nSPS) is 25.9. The number of rotatable bonds is 13. The highest BCUT2D eigenvalue weighted by Gasteiger charge is 2.59. The summed E-state index contributed by atoms with van der Waals surface area (Å²) in [6.45, 7) is 2.93. The second kappa shape index (κ2) is 12.3. The Bertz CT molecular complexity index is 1490. The van der Waals surface area contributed by atoms with Crippen molar-refractivity contribution in [1.82, 2.24) is 24.6 Å². The molecule has 3 heterocycles. The molecule has 43 heavy (non-hydrogen) atoms. The zero-order chi connectivity index (χ0) is 30.9. The molecule has 1 unspecified atom stereocenters. The molecule has 6 N–H and O–H groups in total. The molecular weight excluding hydrogens is 588 g/mol. The molecular formula is C26H35FN7O8P. The predicted octanol–water partition coefficient (Wildman–Crippen LogP) is 2.08. The van der Waals surface area contributed by atoms with E-state index in [1.165, 1.54) is 30.0 Å². The molecule has 1 aromatic carbocycles. The van der Waals surface area contributed by atoms with E-state index >= 15 is 4.39 Å². The Kier molecular flexibility index (Phi) is 8.88. The molecule has 3 aromatic rings. The standard InChI is InChI=1S/C26H35FN7O8P/c1-14(2)40-23(37)15(3)33-43(38,42-17-7-5-4-6-8-17)39-11-18-20(36)26(27,12-35)24(41-18)34-13-29-19-21(30-16-9-10-16)31-25(28)32-22(19)34/h4-8,13-16,18,20,24,35-36H,9-12H2,1-3H3,(H,33,38)(H3,28,30,31,32)/t15?,18-,20-,24-,26-,43+/m1/s1. The molecule has 1 saturated heterocycles. The Hall–Kier alpha value is -3.40. The van der Waals surface area contributed by atoms with Crippen molar-refractivity contribution in [3.63, 3.8) is 0 Å². The van der Waals surface area contributed by atoms with Crippen LogP contribution in [-0.4, -0.2) is 85.0 Å². The summed E-state index contributed by atoms with van der Waals surface area (Å²) in [6.07, 6.45) is -2.30. The number of carbonyl (C=O) groups excluding carboxylic acids is 1. The van der Waals surface area contributed by atoms with E-state index in [0.717, 1.165) is 12.8 Å². The van der Waals surface area contributed by atoms with Crippen molar-refractivity contribution in [2.24, 2.45) is 0 Å². The second-order valence-corrected chi connectivity index (χ2v) is 12.5. The van der Waals surface area contributed by atoms with Gasteiger partial charge in [0, 0.05) is 6.04 Å². The lowest BCUT2D eigenvalue weighted by molar-refractivity contribution is -0.149. The van der Waals surface area contributed by atoms with Crippen LogP contribution in [-0.2, 0) is 23.4 Å². The van der Waals surface area contributed by atoms with Crippen LogP contribution in [0.3, 0.4) is 0 Å². The van der Waals surface area contributed by atoms with Gasteiger partial charge < -0.3 is 35.3 Å². The number of nitrogens with zero attached hydrogens (tertiary/aromatic N) is 4. The summed E-state index contributed by atoms with van der Waals surface area (Å²) in [4.78, 5) is 25.1. The van der Waals surface area contributed by atoms with Crippen molar-refractivity contribution in [3.8, 4) is 5.75 Å². The smallest absolute Gasteiger partial charge is 0.459 e. The maximum absolute atomic E-state index is 16.3. The number of imidazole rings is 1. The van der Waals surface area contributed by atoms with Gasteiger partial charge in [0.05, 0.1) is 25.6 Å². The first-order chi connectivity index (χ1) is 20.4. The number of anilines is 2. The number of nitrogen functional groups attached to an aromatic ring is 1. The summed E-state index contributed by atoms with van der Waals surface area (Å²) < 4.78 is 53.5. The summed E-state index contributed by atoms with van der Waals surface area (Å²) in [6, 6.07) is 7.13. The first-order valence-electron chi connectivity index (χ1n) is 13.8. The number of alkyl halides is 1. The van der Waals surface area contributed by atoms with Crippen molar-refractivity contribution < 1.29 is 42.5 Å². The lowest BCUT2D eigenvalue weighted by atomic mass is 9.97. The molecule has 234 valence electrons. The number of fused-ring (bicyclic) bond motifs is 1. The van der Waals surface area contributed by atoms with E-state index in [0.29, 0.717) is 11.3 Å². The summed E-state index contributed by atoms with van der Waals surface area (Å²) >= 11 is 0. The number of nitrogens with one attached hydrogen (secondary N) is 2. The van der Waals surface area contributed by atoms with E-state index in [1.807, 2.05) is 0 Å². The zero-order valence-electron chi connectivity index (χ0n) is 23.8. The van der Waals surface area contributed by atoms with E-state index < -0.39 is 63.2 Å². The molecule has 1 aliphatic carbocycles. The molecule has 5 rings (SSSR count).